The zero-order chi connectivity index (χ0) is 8.55. The molecule has 0 N–H and O–H groups in total. The molecule has 0 bridgehead atoms. The number of hydrogen-bond acceptors (Lipinski definition) is 1. The fourth-order valence-electron chi connectivity index (χ4n) is 1.88. The van der Waals surface area contributed by atoms with Crippen molar-refractivity contribution in [2.45, 2.75) is 19.8 Å². The van der Waals surface area contributed by atoms with Crippen LogP contribution in [0.3, 0.4) is 0 Å². The number of rotatable bonds is 1. The van der Waals surface area contributed by atoms with Gasteiger partial charge in [-0.2, -0.15) is 0 Å². The lowest BCUT2D eigenvalue weighted by Crippen LogP contribution is -1.99. The SMILES string of the molecule is Cc1ccc2c(c1)C[C@H](C=O)C2. The molecule has 1 aliphatic rings. The van der Waals surface area contributed by atoms with E-state index >= 15 is 0 Å². The molecule has 0 fully saturated rings. The molecule has 0 radical (unpaired) electrons. The van der Waals surface area contributed by atoms with Gasteiger partial charge in [0.15, 0.2) is 0 Å². The highest BCUT2D eigenvalue weighted by molar-refractivity contribution is 5.58. The lowest BCUT2D eigenvalue weighted by atomic mass is 10.1. The van der Waals surface area contributed by atoms with E-state index in [1.165, 1.54) is 16.7 Å². The van der Waals surface area contributed by atoms with E-state index in [2.05, 4.69) is 25.1 Å². The zero-order valence-electron chi connectivity index (χ0n) is 7.21. The summed E-state index contributed by atoms with van der Waals surface area (Å²) in [7, 11) is 0. The number of aryl methyl sites for hydroxylation is 1. The van der Waals surface area contributed by atoms with Crippen LogP contribution in [0.5, 0.6) is 0 Å². The Morgan fingerprint density at radius 3 is 2.83 bits per heavy atom. The van der Waals surface area contributed by atoms with Crippen molar-refractivity contribution in [2.75, 3.05) is 0 Å². The van der Waals surface area contributed by atoms with Gasteiger partial charge in [0, 0.05) is 5.92 Å². The average molecular weight is 160 g/mol. The fraction of sp³-hybridized carbons (Fsp3) is 0.364. The minimum Gasteiger partial charge on any atom is -0.303 e. The number of benzene rings is 1. The third-order valence-electron chi connectivity index (χ3n) is 2.52. The summed E-state index contributed by atoms with van der Waals surface area (Å²) in [4.78, 5) is 10.6. The Morgan fingerprint density at radius 1 is 1.33 bits per heavy atom. The predicted octanol–water partition coefficient (Wildman–Crippen LogP) is 1.91. The fourth-order valence-corrected chi connectivity index (χ4v) is 1.88. The van der Waals surface area contributed by atoms with E-state index in [4.69, 9.17) is 0 Å². The summed E-state index contributed by atoms with van der Waals surface area (Å²) in [6, 6.07) is 6.46. The van der Waals surface area contributed by atoms with Crippen molar-refractivity contribution >= 4 is 6.29 Å². The number of carbonyl (C=O) groups excluding carboxylic acids is 1. The van der Waals surface area contributed by atoms with Crippen LogP contribution in [0.1, 0.15) is 16.7 Å². The van der Waals surface area contributed by atoms with Gasteiger partial charge < -0.3 is 4.79 Å². The average Bonchev–Trinajstić information content (AvgIpc) is 2.46. The second-order valence-electron chi connectivity index (χ2n) is 3.58. The second-order valence-corrected chi connectivity index (χ2v) is 3.58. The number of hydrogen-bond donors (Lipinski definition) is 0. The van der Waals surface area contributed by atoms with Crippen molar-refractivity contribution in [3.63, 3.8) is 0 Å². The first kappa shape index (κ1) is 7.53. The molecular formula is C11H12O. The summed E-state index contributed by atoms with van der Waals surface area (Å²) in [6.45, 7) is 2.09. The lowest BCUT2D eigenvalue weighted by Gasteiger charge is -1.98. The van der Waals surface area contributed by atoms with Gasteiger partial charge in [0.2, 0.25) is 0 Å². The van der Waals surface area contributed by atoms with E-state index < -0.39 is 0 Å². The second kappa shape index (κ2) is 2.74. The molecular weight excluding hydrogens is 148 g/mol. The van der Waals surface area contributed by atoms with E-state index in [0.717, 1.165) is 19.1 Å². The molecule has 0 saturated carbocycles. The highest BCUT2D eigenvalue weighted by Crippen LogP contribution is 2.25. The summed E-state index contributed by atoms with van der Waals surface area (Å²) < 4.78 is 0. The lowest BCUT2D eigenvalue weighted by molar-refractivity contribution is -0.110. The van der Waals surface area contributed by atoms with Crippen LogP contribution >= 0.6 is 0 Å². The molecule has 0 heterocycles. The monoisotopic (exact) mass is 160 g/mol. The first-order valence-corrected chi connectivity index (χ1v) is 4.33. The number of fused-ring (bicyclic) bond motifs is 1. The van der Waals surface area contributed by atoms with Gasteiger partial charge in [0.25, 0.3) is 0 Å². The highest BCUT2D eigenvalue weighted by Gasteiger charge is 2.20. The van der Waals surface area contributed by atoms with Crippen LogP contribution < -0.4 is 0 Å². The molecule has 1 atom stereocenters. The molecule has 2 rings (SSSR count). The third-order valence-corrected chi connectivity index (χ3v) is 2.52. The van der Waals surface area contributed by atoms with Crippen molar-refractivity contribution in [1.29, 1.82) is 0 Å². The maximum absolute atomic E-state index is 10.6. The molecule has 0 spiro atoms. The maximum Gasteiger partial charge on any atom is 0.123 e. The van der Waals surface area contributed by atoms with Gasteiger partial charge in [0.1, 0.15) is 6.29 Å². The molecule has 0 amide bonds. The Kier molecular flexibility index (Phi) is 1.72. The molecule has 1 aliphatic carbocycles. The van der Waals surface area contributed by atoms with Crippen LogP contribution in [-0.2, 0) is 17.6 Å². The van der Waals surface area contributed by atoms with Gasteiger partial charge in [-0.1, -0.05) is 23.8 Å². The van der Waals surface area contributed by atoms with E-state index in [1.54, 1.807) is 0 Å². The quantitative estimate of drug-likeness (QED) is 0.573. The first-order chi connectivity index (χ1) is 5.79. The number of carbonyl (C=O) groups is 1. The molecule has 0 aliphatic heterocycles. The Balaban J connectivity index is 2.35. The third kappa shape index (κ3) is 1.15. The zero-order valence-corrected chi connectivity index (χ0v) is 7.21. The Bertz CT molecular complexity index is 315. The minimum atomic E-state index is 0.238. The Morgan fingerprint density at radius 2 is 2.08 bits per heavy atom. The summed E-state index contributed by atoms with van der Waals surface area (Å²) >= 11 is 0. The molecule has 0 saturated heterocycles. The van der Waals surface area contributed by atoms with Gasteiger partial charge >= 0.3 is 0 Å². The molecule has 0 aromatic heterocycles. The van der Waals surface area contributed by atoms with E-state index in [1.807, 2.05) is 0 Å². The molecule has 62 valence electrons. The van der Waals surface area contributed by atoms with Crippen LogP contribution in [0.4, 0.5) is 0 Å². The van der Waals surface area contributed by atoms with Gasteiger partial charge in [-0.25, -0.2) is 0 Å². The standard InChI is InChI=1S/C11H12O/c1-8-2-3-10-5-9(7-12)6-11(10)4-8/h2-4,7,9H,5-6H2,1H3/t9-/m1/s1. The number of aldehydes is 1. The van der Waals surface area contributed by atoms with Crippen molar-refractivity contribution in [3.05, 3.63) is 34.9 Å². The van der Waals surface area contributed by atoms with Crippen LogP contribution in [0.15, 0.2) is 18.2 Å². The van der Waals surface area contributed by atoms with Crippen LogP contribution in [0.2, 0.25) is 0 Å². The summed E-state index contributed by atoms with van der Waals surface area (Å²) in [5, 5.41) is 0. The van der Waals surface area contributed by atoms with Crippen LogP contribution in [0.25, 0.3) is 0 Å². The van der Waals surface area contributed by atoms with E-state index in [0.29, 0.717) is 0 Å². The first-order valence-electron chi connectivity index (χ1n) is 4.33. The normalized spacial score (nSPS) is 20.6. The summed E-state index contributed by atoms with van der Waals surface area (Å²) in [5.74, 6) is 0.238. The summed E-state index contributed by atoms with van der Waals surface area (Å²) in [5.41, 5.74) is 4.02. The van der Waals surface area contributed by atoms with Crippen molar-refractivity contribution in [2.24, 2.45) is 5.92 Å². The molecule has 1 nitrogen and oxygen atoms in total. The molecule has 1 aromatic rings. The van der Waals surface area contributed by atoms with Gasteiger partial charge in [-0.15, -0.1) is 0 Å². The van der Waals surface area contributed by atoms with Gasteiger partial charge in [-0.05, 0) is 30.9 Å². The van der Waals surface area contributed by atoms with Crippen molar-refractivity contribution < 1.29 is 4.79 Å². The summed E-state index contributed by atoms with van der Waals surface area (Å²) in [6.07, 6.45) is 2.97. The Hall–Kier alpha value is -1.11. The van der Waals surface area contributed by atoms with Crippen molar-refractivity contribution in [3.8, 4) is 0 Å². The highest BCUT2D eigenvalue weighted by atomic mass is 16.1. The molecule has 0 unspecified atom stereocenters. The van der Waals surface area contributed by atoms with Gasteiger partial charge in [0.05, 0.1) is 0 Å². The van der Waals surface area contributed by atoms with Crippen LogP contribution in [-0.4, -0.2) is 6.29 Å². The molecule has 12 heavy (non-hydrogen) atoms. The van der Waals surface area contributed by atoms with Gasteiger partial charge in [-0.3, -0.25) is 0 Å². The largest absolute Gasteiger partial charge is 0.303 e. The van der Waals surface area contributed by atoms with Crippen LogP contribution in [0, 0.1) is 12.8 Å². The van der Waals surface area contributed by atoms with E-state index in [9.17, 15) is 4.79 Å². The Labute approximate surface area is 72.4 Å². The molecule has 1 heteroatoms. The topological polar surface area (TPSA) is 17.1 Å². The maximum atomic E-state index is 10.6. The predicted molar refractivity (Wildman–Crippen MR) is 48.1 cm³/mol. The van der Waals surface area contributed by atoms with E-state index in [-0.39, 0.29) is 5.92 Å². The molecule has 1 aromatic carbocycles. The minimum absolute atomic E-state index is 0.238. The smallest absolute Gasteiger partial charge is 0.123 e. The van der Waals surface area contributed by atoms with Crippen molar-refractivity contribution in [1.82, 2.24) is 0 Å².